The van der Waals surface area contributed by atoms with Gasteiger partial charge >= 0.3 is 0 Å². The molecular formula is C24H32N4O3. The SMILES string of the molecule is COc1ccc(CN=C(N)NCC(=O)N2CCC(Cc3ccccc3)CC2)cc1OC. The fourth-order valence-electron chi connectivity index (χ4n) is 3.82. The highest BCUT2D eigenvalue weighted by molar-refractivity contribution is 5.85. The van der Waals surface area contributed by atoms with Crippen LogP contribution in [0.5, 0.6) is 11.5 Å². The Morgan fingerprint density at radius 2 is 1.77 bits per heavy atom. The lowest BCUT2D eigenvalue weighted by atomic mass is 9.90. The minimum Gasteiger partial charge on any atom is -0.493 e. The number of ether oxygens (including phenoxy) is 2. The second kappa shape index (κ2) is 11.2. The first-order chi connectivity index (χ1) is 15.1. The molecule has 3 rings (SSSR count). The number of nitrogens with one attached hydrogen (secondary N) is 1. The summed E-state index contributed by atoms with van der Waals surface area (Å²) in [7, 11) is 3.19. The molecule has 0 aromatic heterocycles. The van der Waals surface area contributed by atoms with Gasteiger partial charge in [0.05, 0.1) is 27.3 Å². The monoisotopic (exact) mass is 424 g/mol. The van der Waals surface area contributed by atoms with Gasteiger partial charge in [0, 0.05) is 13.1 Å². The maximum atomic E-state index is 12.5. The average molecular weight is 425 g/mol. The van der Waals surface area contributed by atoms with Gasteiger partial charge in [-0.1, -0.05) is 36.4 Å². The van der Waals surface area contributed by atoms with Gasteiger partial charge in [-0.25, -0.2) is 4.99 Å². The molecule has 1 aliphatic heterocycles. The molecule has 1 fully saturated rings. The molecule has 0 atom stereocenters. The van der Waals surface area contributed by atoms with Gasteiger partial charge in [0.1, 0.15) is 0 Å². The first-order valence-electron chi connectivity index (χ1n) is 10.7. The summed E-state index contributed by atoms with van der Waals surface area (Å²) in [5.74, 6) is 2.25. The number of nitrogens with zero attached hydrogens (tertiary/aromatic N) is 2. The summed E-state index contributed by atoms with van der Waals surface area (Å²) in [5, 5.41) is 2.93. The van der Waals surface area contributed by atoms with E-state index in [-0.39, 0.29) is 18.4 Å². The minimum atomic E-state index is 0.0578. The Labute approximate surface area is 184 Å². The second-order valence-electron chi connectivity index (χ2n) is 7.76. The van der Waals surface area contributed by atoms with Gasteiger partial charge in [0.25, 0.3) is 0 Å². The molecular weight excluding hydrogens is 392 g/mol. The van der Waals surface area contributed by atoms with E-state index < -0.39 is 0 Å². The number of guanidine groups is 1. The number of aliphatic imine (C=N–C) groups is 1. The van der Waals surface area contributed by atoms with Crippen molar-refractivity contribution in [2.24, 2.45) is 16.6 Å². The molecule has 0 bridgehead atoms. The van der Waals surface area contributed by atoms with Crippen LogP contribution >= 0.6 is 0 Å². The van der Waals surface area contributed by atoms with Gasteiger partial charge < -0.3 is 25.4 Å². The van der Waals surface area contributed by atoms with Crippen LogP contribution in [0.1, 0.15) is 24.0 Å². The topological polar surface area (TPSA) is 89.2 Å². The van der Waals surface area contributed by atoms with Gasteiger partial charge in [0.15, 0.2) is 17.5 Å². The third kappa shape index (κ3) is 6.64. The van der Waals surface area contributed by atoms with Crippen molar-refractivity contribution >= 4 is 11.9 Å². The lowest BCUT2D eigenvalue weighted by Crippen LogP contribution is -2.45. The molecule has 1 heterocycles. The number of carbonyl (C=O) groups is 1. The number of nitrogens with two attached hydrogens (primary N) is 1. The molecule has 0 radical (unpaired) electrons. The molecule has 0 saturated carbocycles. The number of likely N-dealkylation sites (tertiary alicyclic amines) is 1. The van der Waals surface area contributed by atoms with Gasteiger partial charge in [-0.3, -0.25) is 4.79 Å². The third-order valence-electron chi connectivity index (χ3n) is 5.64. The zero-order valence-electron chi connectivity index (χ0n) is 18.3. The molecule has 7 heteroatoms. The van der Waals surface area contributed by atoms with Gasteiger partial charge in [0.2, 0.25) is 5.91 Å². The van der Waals surface area contributed by atoms with E-state index in [1.807, 2.05) is 29.2 Å². The molecule has 1 saturated heterocycles. The zero-order chi connectivity index (χ0) is 22.1. The van der Waals surface area contributed by atoms with E-state index >= 15 is 0 Å². The van der Waals surface area contributed by atoms with Crippen molar-refractivity contribution in [1.29, 1.82) is 0 Å². The van der Waals surface area contributed by atoms with Crippen molar-refractivity contribution in [2.75, 3.05) is 33.9 Å². The molecule has 1 aliphatic rings. The number of carbonyl (C=O) groups excluding carboxylic acids is 1. The zero-order valence-corrected chi connectivity index (χ0v) is 18.3. The van der Waals surface area contributed by atoms with E-state index in [1.54, 1.807) is 14.2 Å². The van der Waals surface area contributed by atoms with Crippen LogP contribution in [0.4, 0.5) is 0 Å². The summed E-state index contributed by atoms with van der Waals surface area (Å²) in [6, 6.07) is 16.1. The number of hydrogen-bond acceptors (Lipinski definition) is 4. The van der Waals surface area contributed by atoms with Crippen LogP contribution in [-0.4, -0.2) is 50.6 Å². The normalized spacial score (nSPS) is 14.9. The fraction of sp³-hybridized carbons (Fsp3) is 0.417. The molecule has 0 spiro atoms. The Balaban J connectivity index is 1.41. The Morgan fingerprint density at radius 1 is 1.06 bits per heavy atom. The van der Waals surface area contributed by atoms with Crippen LogP contribution in [0, 0.1) is 5.92 Å². The highest BCUT2D eigenvalue weighted by atomic mass is 16.5. The van der Waals surface area contributed by atoms with E-state index in [9.17, 15) is 4.79 Å². The Kier molecular flexibility index (Phi) is 8.15. The summed E-state index contributed by atoms with van der Waals surface area (Å²) in [4.78, 5) is 18.7. The average Bonchev–Trinajstić information content (AvgIpc) is 2.82. The molecule has 1 amide bonds. The van der Waals surface area contributed by atoms with E-state index in [0.29, 0.717) is 24.0 Å². The van der Waals surface area contributed by atoms with Crippen molar-refractivity contribution in [2.45, 2.75) is 25.8 Å². The highest BCUT2D eigenvalue weighted by Crippen LogP contribution is 2.27. The lowest BCUT2D eigenvalue weighted by molar-refractivity contribution is -0.131. The van der Waals surface area contributed by atoms with Gasteiger partial charge in [-0.2, -0.15) is 0 Å². The fourth-order valence-corrected chi connectivity index (χ4v) is 3.82. The van der Waals surface area contributed by atoms with Crippen molar-refractivity contribution in [3.63, 3.8) is 0 Å². The van der Waals surface area contributed by atoms with Gasteiger partial charge in [-0.15, -0.1) is 0 Å². The van der Waals surface area contributed by atoms with Crippen LogP contribution in [0.2, 0.25) is 0 Å². The predicted octanol–water partition coefficient (Wildman–Crippen LogP) is 2.59. The van der Waals surface area contributed by atoms with Crippen LogP contribution in [0.15, 0.2) is 53.5 Å². The van der Waals surface area contributed by atoms with Crippen LogP contribution in [0.3, 0.4) is 0 Å². The lowest BCUT2D eigenvalue weighted by Gasteiger charge is -2.32. The minimum absolute atomic E-state index is 0.0578. The Bertz CT molecular complexity index is 878. The van der Waals surface area contributed by atoms with Crippen molar-refractivity contribution in [1.82, 2.24) is 10.2 Å². The molecule has 3 N–H and O–H groups in total. The van der Waals surface area contributed by atoms with Crippen LogP contribution in [0.25, 0.3) is 0 Å². The Hall–Kier alpha value is -3.22. The van der Waals surface area contributed by atoms with Crippen LogP contribution in [-0.2, 0) is 17.8 Å². The molecule has 0 aliphatic carbocycles. The third-order valence-corrected chi connectivity index (χ3v) is 5.64. The smallest absolute Gasteiger partial charge is 0.241 e. The summed E-state index contributed by atoms with van der Waals surface area (Å²) in [6.45, 7) is 2.13. The molecule has 2 aromatic rings. The van der Waals surface area contributed by atoms with E-state index in [0.717, 1.165) is 37.9 Å². The maximum absolute atomic E-state index is 12.5. The number of piperidine rings is 1. The number of hydrogen-bond donors (Lipinski definition) is 2. The summed E-state index contributed by atoms with van der Waals surface area (Å²) in [5.41, 5.74) is 8.25. The number of methoxy groups -OCH3 is 2. The standard InChI is InChI=1S/C24H32N4O3/c1-30-21-9-8-20(15-22(21)31-2)16-26-24(25)27-17-23(29)28-12-10-19(11-13-28)14-18-6-4-3-5-7-18/h3-9,15,19H,10-14,16-17H2,1-2H3,(H3,25,26,27). The molecule has 7 nitrogen and oxygen atoms in total. The highest BCUT2D eigenvalue weighted by Gasteiger charge is 2.22. The van der Waals surface area contributed by atoms with Crippen LogP contribution < -0.4 is 20.5 Å². The summed E-state index contributed by atoms with van der Waals surface area (Å²) >= 11 is 0. The molecule has 31 heavy (non-hydrogen) atoms. The second-order valence-corrected chi connectivity index (χ2v) is 7.76. The maximum Gasteiger partial charge on any atom is 0.241 e. The first-order valence-corrected chi connectivity index (χ1v) is 10.7. The van der Waals surface area contributed by atoms with E-state index in [1.165, 1.54) is 5.56 Å². The van der Waals surface area contributed by atoms with Crippen molar-refractivity contribution in [3.8, 4) is 11.5 Å². The number of amides is 1. The number of rotatable bonds is 8. The summed E-state index contributed by atoms with van der Waals surface area (Å²) < 4.78 is 10.5. The Morgan fingerprint density at radius 3 is 2.45 bits per heavy atom. The van der Waals surface area contributed by atoms with Crippen molar-refractivity contribution in [3.05, 3.63) is 59.7 Å². The van der Waals surface area contributed by atoms with Crippen molar-refractivity contribution < 1.29 is 14.3 Å². The molecule has 2 aromatic carbocycles. The molecule has 0 unspecified atom stereocenters. The first kappa shape index (κ1) is 22.5. The predicted molar refractivity (Wildman–Crippen MR) is 122 cm³/mol. The largest absolute Gasteiger partial charge is 0.493 e. The van der Waals surface area contributed by atoms with E-state index in [4.69, 9.17) is 15.2 Å². The quantitative estimate of drug-likeness (QED) is 0.502. The molecule has 166 valence electrons. The number of benzene rings is 2. The summed E-state index contributed by atoms with van der Waals surface area (Å²) in [6.07, 6.45) is 3.14. The van der Waals surface area contributed by atoms with E-state index in [2.05, 4.69) is 34.6 Å². The van der Waals surface area contributed by atoms with Gasteiger partial charge in [-0.05, 0) is 48.4 Å².